The van der Waals surface area contributed by atoms with Gasteiger partial charge in [-0.2, -0.15) is 0 Å². The van der Waals surface area contributed by atoms with Crippen LogP contribution in [-0.2, 0) is 13.0 Å². The van der Waals surface area contributed by atoms with E-state index in [1.165, 1.54) is 17.5 Å². The number of hydrogen-bond donors (Lipinski definition) is 0. The molecule has 0 heterocycles. The van der Waals surface area contributed by atoms with Crippen molar-refractivity contribution in [2.45, 2.75) is 30.3 Å². The lowest BCUT2D eigenvalue weighted by atomic mass is 10.1. The second kappa shape index (κ2) is 7.53. The van der Waals surface area contributed by atoms with Crippen LogP contribution in [0.2, 0.25) is 0 Å². The molecular weight excluding hydrogens is 347 g/mol. The van der Waals surface area contributed by atoms with Crippen molar-refractivity contribution in [3.8, 4) is 5.75 Å². The Hall–Kier alpha value is -1.03. The Labute approximate surface area is 129 Å². The van der Waals surface area contributed by atoms with Crippen LogP contribution in [0, 0.1) is 0 Å². The fourth-order valence-electron chi connectivity index (χ4n) is 1.90. The molecule has 0 amide bonds. The summed E-state index contributed by atoms with van der Waals surface area (Å²) in [5.41, 5.74) is 2.56. The lowest BCUT2D eigenvalue weighted by molar-refractivity contribution is 0.306. The summed E-state index contributed by atoms with van der Waals surface area (Å²) in [5.74, 6) is 0.959. The van der Waals surface area contributed by atoms with Gasteiger partial charge < -0.3 is 4.74 Å². The van der Waals surface area contributed by atoms with E-state index in [9.17, 15) is 0 Å². The van der Waals surface area contributed by atoms with Crippen LogP contribution in [0.5, 0.6) is 5.75 Å². The largest absolute Gasteiger partial charge is 0.489 e. The highest BCUT2D eigenvalue weighted by molar-refractivity contribution is 14.1. The van der Waals surface area contributed by atoms with Crippen molar-refractivity contribution in [3.63, 3.8) is 0 Å². The third-order valence-electron chi connectivity index (χ3n) is 3.05. The maximum Gasteiger partial charge on any atom is 0.120 e. The number of benzene rings is 2. The van der Waals surface area contributed by atoms with Gasteiger partial charge in [-0.1, -0.05) is 72.0 Å². The van der Waals surface area contributed by atoms with Gasteiger partial charge in [0.05, 0.1) is 0 Å². The summed E-state index contributed by atoms with van der Waals surface area (Å²) in [6.45, 7) is 2.86. The predicted octanol–water partition coefficient (Wildman–Crippen LogP) is 5.02. The molecule has 0 radical (unpaired) electrons. The minimum atomic E-state index is 0.631. The summed E-state index contributed by atoms with van der Waals surface area (Å²) in [6, 6.07) is 18.7. The molecule has 2 aromatic rings. The van der Waals surface area contributed by atoms with Crippen molar-refractivity contribution in [3.05, 3.63) is 65.7 Å². The fraction of sp³-hybridized carbons (Fsp3) is 0.294. The van der Waals surface area contributed by atoms with Crippen molar-refractivity contribution in [2.75, 3.05) is 0 Å². The minimum absolute atomic E-state index is 0.631. The summed E-state index contributed by atoms with van der Waals surface area (Å²) in [6.07, 6.45) is 2.31. The van der Waals surface area contributed by atoms with Gasteiger partial charge in [-0.15, -0.1) is 0 Å². The van der Waals surface area contributed by atoms with E-state index in [0.29, 0.717) is 10.5 Å². The first-order valence-corrected chi connectivity index (χ1v) is 7.92. The Morgan fingerprint density at radius 2 is 1.74 bits per heavy atom. The highest BCUT2D eigenvalue weighted by Gasteiger charge is 2.04. The molecule has 0 aliphatic rings. The molecule has 1 atom stereocenters. The highest BCUT2D eigenvalue weighted by atomic mass is 127. The summed E-state index contributed by atoms with van der Waals surface area (Å²) in [4.78, 5) is 0. The zero-order valence-corrected chi connectivity index (χ0v) is 13.3. The monoisotopic (exact) mass is 366 g/mol. The third-order valence-corrected chi connectivity index (χ3v) is 4.37. The van der Waals surface area contributed by atoms with E-state index in [4.69, 9.17) is 4.74 Å². The molecule has 0 N–H and O–H groups in total. The van der Waals surface area contributed by atoms with E-state index < -0.39 is 0 Å². The van der Waals surface area contributed by atoms with E-state index in [1.807, 2.05) is 24.3 Å². The third kappa shape index (κ3) is 4.86. The van der Waals surface area contributed by atoms with Crippen molar-refractivity contribution in [1.82, 2.24) is 0 Å². The maximum atomic E-state index is 5.85. The normalized spacial score (nSPS) is 12.1. The maximum absolute atomic E-state index is 5.85. The van der Waals surface area contributed by atoms with Crippen LogP contribution in [-0.4, -0.2) is 3.92 Å². The first-order valence-electron chi connectivity index (χ1n) is 6.67. The van der Waals surface area contributed by atoms with Crippen LogP contribution in [0.4, 0.5) is 0 Å². The Morgan fingerprint density at radius 3 is 2.47 bits per heavy atom. The standard InChI is InChI=1S/C17H19IO/c1-2-16(18)11-15-9-6-10-17(12-15)19-13-14-7-4-3-5-8-14/h3-10,12,16H,2,11,13H2,1H3. The molecule has 0 saturated heterocycles. The zero-order chi connectivity index (χ0) is 13.5. The lowest BCUT2D eigenvalue weighted by Gasteiger charge is -2.10. The molecule has 1 unspecified atom stereocenters. The van der Waals surface area contributed by atoms with Crippen molar-refractivity contribution in [1.29, 1.82) is 0 Å². The molecule has 0 spiro atoms. The van der Waals surface area contributed by atoms with Crippen molar-refractivity contribution < 1.29 is 4.74 Å². The molecule has 2 rings (SSSR count). The van der Waals surface area contributed by atoms with Gasteiger partial charge in [0.25, 0.3) is 0 Å². The molecule has 19 heavy (non-hydrogen) atoms. The summed E-state index contributed by atoms with van der Waals surface area (Å²) < 4.78 is 6.54. The second-order valence-electron chi connectivity index (χ2n) is 4.63. The fourth-order valence-corrected chi connectivity index (χ4v) is 2.41. The highest BCUT2D eigenvalue weighted by Crippen LogP contribution is 2.19. The predicted molar refractivity (Wildman–Crippen MR) is 89.0 cm³/mol. The quantitative estimate of drug-likeness (QED) is 0.515. The summed E-state index contributed by atoms with van der Waals surface area (Å²) in [5, 5.41) is 0. The van der Waals surface area contributed by atoms with Gasteiger partial charge in [-0.25, -0.2) is 0 Å². The smallest absolute Gasteiger partial charge is 0.120 e. The molecular formula is C17H19IO. The topological polar surface area (TPSA) is 9.23 Å². The number of halogens is 1. The van der Waals surface area contributed by atoms with Gasteiger partial charge in [0.15, 0.2) is 0 Å². The van der Waals surface area contributed by atoms with Gasteiger partial charge in [-0.05, 0) is 36.1 Å². The second-order valence-corrected chi connectivity index (χ2v) is 6.39. The molecule has 0 aromatic heterocycles. The summed E-state index contributed by atoms with van der Waals surface area (Å²) in [7, 11) is 0. The Balaban J connectivity index is 1.95. The number of ether oxygens (including phenoxy) is 1. The van der Waals surface area contributed by atoms with Gasteiger partial charge >= 0.3 is 0 Å². The van der Waals surface area contributed by atoms with E-state index in [1.54, 1.807) is 0 Å². The number of hydrogen-bond acceptors (Lipinski definition) is 1. The van der Waals surface area contributed by atoms with Gasteiger partial charge in [-0.3, -0.25) is 0 Å². The van der Waals surface area contributed by atoms with E-state index in [0.717, 1.165) is 12.2 Å². The molecule has 0 fully saturated rings. The Kier molecular flexibility index (Phi) is 5.70. The molecule has 2 aromatic carbocycles. The van der Waals surface area contributed by atoms with Crippen LogP contribution >= 0.6 is 22.6 Å². The molecule has 100 valence electrons. The number of rotatable bonds is 6. The van der Waals surface area contributed by atoms with Crippen molar-refractivity contribution >= 4 is 22.6 Å². The molecule has 2 heteroatoms. The average molecular weight is 366 g/mol. The molecule has 0 saturated carbocycles. The zero-order valence-electron chi connectivity index (χ0n) is 11.2. The first kappa shape index (κ1) is 14.4. The van der Waals surface area contributed by atoms with Crippen LogP contribution in [0.25, 0.3) is 0 Å². The molecule has 0 aliphatic heterocycles. The van der Waals surface area contributed by atoms with Gasteiger partial charge in [0.2, 0.25) is 0 Å². The SMILES string of the molecule is CCC(I)Cc1cccc(OCc2ccccc2)c1. The molecule has 0 aliphatic carbocycles. The molecule has 1 nitrogen and oxygen atoms in total. The lowest BCUT2D eigenvalue weighted by Crippen LogP contribution is -2.01. The molecule has 0 bridgehead atoms. The van der Waals surface area contributed by atoms with Crippen LogP contribution in [0.1, 0.15) is 24.5 Å². The van der Waals surface area contributed by atoms with Crippen LogP contribution in [0.3, 0.4) is 0 Å². The first-order chi connectivity index (χ1) is 9.28. The van der Waals surface area contributed by atoms with Gasteiger partial charge in [0, 0.05) is 3.92 Å². The van der Waals surface area contributed by atoms with Crippen LogP contribution < -0.4 is 4.74 Å². The van der Waals surface area contributed by atoms with E-state index in [-0.39, 0.29) is 0 Å². The van der Waals surface area contributed by atoms with E-state index in [2.05, 4.69) is 59.8 Å². The van der Waals surface area contributed by atoms with Crippen molar-refractivity contribution in [2.24, 2.45) is 0 Å². The van der Waals surface area contributed by atoms with Gasteiger partial charge in [0.1, 0.15) is 12.4 Å². The summed E-state index contributed by atoms with van der Waals surface area (Å²) >= 11 is 2.51. The average Bonchev–Trinajstić information content (AvgIpc) is 2.46. The minimum Gasteiger partial charge on any atom is -0.489 e. The Bertz CT molecular complexity index is 496. The van der Waals surface area contributed by atoms with E-state index >= 15 is 0 Å². The number of alkyl halides is 1. The Morgan fingerprint density at radius 1 is 1.00 bits per heavy atom. The van der Waals surface area contributed by atoms with Crippen LogP contribution in [0.15, 0.2) is 54.6 Å².